The quantitative estimate of drug-likeness (QED) is 0.840. The van der Waals surface area contributed by atoms with Gasteiger partial charge < -0.3 is 9.47 Å². The molecular weight excluding hydrogens is 320 g/mol. The van der Waals surface area contributed by atoms with Crippen LogP contribution in [0.25, 0.3) is 0 Å². The van der Waals surface area contributed by atoms with E-state index in [1.807, 2.05) is 32.3 Å². The molecule has 0 N–H and O–H groups in total. The van der Waals surface area contributed by atoms with Crippen molar-refractivity contribution in [1.82, 2.24) is 10.0 Å². The number of carbonyl (C=O) groups excluding carboxylic acids is 2. The molecule has 1 heterocycles. The summed E-state index contributed by atoms with van der Waals surface area (Å²) < 4.78 is 10.8. The van der Waals surface area contributed by atoms with Gasteiger partial charge >= 0.3 is 0 Å². The lowest BCUT2D eigenvalue weighted by molar-refractivity contribution is -0.143. The van der Waals surface area contributed by atoms with Crippen LogP contribution in [0, 0.1) is 0 Å². The Bertz CT molecular complexity index is 739. The summed E-state index contributed by atoms with van der Waals surface area (Å²) in [6.07, 6.45) is 2.27. The lowest BCUT2D eigenvalue weighted by Crippen LogP contribution is -2.47. The van der Waals surface area contributed by atoms with Crippen molar-refractivity contribution in [1.29, 1.82) is 0 Å². The zero-order valence-electron chi connectivity index (χ0n) is 15.2. The molecule has 2 aliphatic rings. The average molecular weight is 344 g/mol. The van der Waals surface area contributed by atoms with Crippen LogP contribution in [0.4, 0.5) is 0 Å². The highest BCUT2D eigenvalue weighted by Crippen LogP contribution is 2.45. The molecule has 25 heavy (non-hydrogen) atoms. The number of allylic oxidation sites excluding steroid dienone is 2. The molecule has 1 atom stereocenters. The second-order valence-corrected chi connectivity index (χ2v) is 6.55. The molecule has 6 nitrogen and oxygen atoms in total. The Labute approximate surface area is 148 Å². The van der Waals surface area contributed by atoms with Gasteiger partial charge in [-0.05, 0) is 31.0 Å². The van der Waals surface area contributed by atoms with Crippen molar-refractivity contribution >= 4 is 11.7 Å². The van der Waals surface area contributed by atoms with E-state index in [1.165, 1.54) is 0 Å². The minimum atomic E-state index is -0.295. The van der Waals surface area contributed by atoms with E-state index in [-0.39, 0.29) is 24.0 Å². The Morgan fingerprint density at radius 1 is 1.12 bits per heavy atom. The first-order valence-corrected chi connectivity index (χ1v) is 8.46. The number of carbonyl (C=O) groups is 2. The molecule has 1 aromatic carbocycles. The molecule has 1 aliphatic carbocycles. The predicted molar refractivity (Wildman–Crippen MR) is 93.3 cm³/mol. The lowest BCUT2D eigenvalue weighted by Gasteiger charge is -2.41. The van der Waals surface area contributed by atoms with Crippen LogP contribution in [0.15, 0.2) is 29.5 Å². The van der Waals surface area contributed by atoms with Crippen LogP contribution in [0.5, 0.6) is 11.5 Å². The molecule has 1 aromatic rings. The fourth-order valence-electron chi connectivity index (χ4n) is 3.82. The zero-order chi connectivity index (χ0) is 18.1. The van der Waals surface area contributed by atoms with Crippen LogP contribution in [0.1, 0.15) is 37.2 Å². The fourth-order valence-corrected chi connectivity index (χ4v) is 3.82. The smallest absolute Gasteiger partial charge is 0.242 e. The maximum Gasteiger partial charge on any atom is 0.242 e. The largest absolute Gasteiger partial charge is 0.497 e. The maximum absolute atomic E-state index is 12.8. The second-order valence-electron chi connectivity index (χ2n) is 6.55. The SMILES string of the molecule is COc1ccc(OC)c(C2CC(=O)N(N(C)C)C3=C2C(=O)CCC3)c1. The Kier molecular flexibility index (Phi) is 4.81. The highest BCUT2D eigenvalue weighted by atomic mass is 16.5. The topological polar surface area (TPSA) is 59.1 Å². The summed E-state index contributed by atoms with van der Waals surface area (Å²) in [6.45, 7) is 0. The first-order chi connectivity index (χ1) is 12.0. The van der Waals surface area contributed by atoms with Crippen LogP contribution in [0.3, 0.4) is 0 Å². The number of amides is 1. The monoisotopic (exact) mass is 344 g/mol. The molecular formula is C19H24N2O4. The highest BCUT2D eigenvalue weighted by molar-refractivity contribution is 6.01. The standard InChI is InChI=1S/C19H24N2O4/c1-20(2)21-15-6-5-7-16(22)19(15)14(11-18(21)23)13-10-12(24-3)8-9-17(13)25-4/h8-10,14H,5-7,11H2,1-4H3. The minimum Gasteiger partial charge on any atom is -0.497 e. The molecule has 0 aromatic heterocycles. The number of hydrogen-bond acceptors (Lipinski definition) is 5. The lowest BCUT2D eigenvalue weighted by atomic mass is 9.77. The summed E-state index contributed by atoms with van der Waals surface area (Å²) in [5, 5.41) is 3.41. The molecule has 0 saturated heterocycles. The summed E-state index contributed by atoms with van der Waals surface area (Å²) >= 11 is 0. The van der Waals surface area contributed by atoms with Crippen LogP contribution in [-0.4, -0.2) is 50.0 Å². The third-order valence-electron chi connectivity index (χ3n) is 4.86. The normalized spacial score (nSPS) is 20.8. The summed E-state index contributed by atoms with van der Waals surface area (Å²) in [6, 6.07) is 5.51. The van der Waals surface area contributed by atoms with Gasteiger partial charge in [-0.25, -0.2) is 10.0 Å². The van der Waals surface area contributed by atoms with Crippen LogP contribution in [0.2, 0.25) is 0 Å². The van der Waals surface area contributed by atoms with E-state index >= 15 is 0 Å². The van der Waals surface area contributed by atoms with Gasteiger partial charge in [0, 0.05) is 49.7 Å². The van der Waals surface area contributed by atoms with Crippen molar-refractivity contribution in [2.75, 3.05) is 28.3 Å². The number of methoxy groups -OCH3 is 2. The zero-order valence-corrected chi connectivity index (χ0v) is 15.2. The molecule has 0 saturated carbocycles. The molecule has 0 fully saturated rings. The molecule has 6 heteroatoms. The summed E-state index contributed by atoms with van der Waals surface area (Å²) in [5.41, 5.74) is 2.40. The number of hydrogen-bond donors (Lipinski definition) is 0. The first-order valence-electron chi connectivity index (χ1n) is 8.46. The van der Waals surface area contributed by atoms with Crippen molar-refractivity contribution in [2.45, 2.75) is 31.6 Å². The Morgan fingerprint density at radius 2 is 1.88 bits per heavy atom. The second kappa shape index (κ2) is 6.88. The highest BCUT2D eigenvalue weighted by Gasteiger charge is 2.41. The predicted octanol–water partition coefficient (Wildman–Crippen LogP) is 2.50. The van der Waals surface area contributed by atoms with Gasteiger partial charge in [-0.3, -0.25) is 9.59 Å². The van der Waals surface area contributed by atoms with E-state index in [4.69, 9.17) is 9.47 Å². The fraction of sp³-hybridized carbons (Fsp3) is 0.474. The van der Waals surface area contributed by atoms with Gasteiger partial charge in [-0.2, -0.15) is 0 Å². The van der Waals surface area contributed by atoms with Crippen LogP contribution < -0.4 is 9.47 Å². The molecule has 0 bridgehead atoms. The van der Waals surface area contributed by atoms with E-state index in [1.54, 1.807) is 24.2 Å². The van der Waals surface area contributed by atoms with Crippen molar-refractivity contribution < 1.29 is 19.1 Å². The molecule has 3 rings (SSSR count). The third-order valence-corrected chi connectivity index (χ3v) is 4.86. The Hall–Kier alpha value is -2.34. The number of rotatable bonds is 4. The van der Waals surface area contributed by atoms with E-state index in [0.717, 1.165) is 29.7 Å². The summed E-state index contributed by atoms with van der Waals surface area (Å²) in [7, 11) is 6.85. The first kappa shape index (κ1) is 17.5. The number of nitrogens with zero attached hydrogens (tertiary/aromatic N) is 2. The van der Waals surface area contributed by atoms with Crippen LogP contribution in [-0.2, 0) is 9.59 Å². The van der Waals surface area contributed by atoms with E-state index in [2.05, 4.69) is 0 Å². The van der Waals surface area contributed by atoms with Crippen LogP contribution >= 0.6 is 0 Å². The van der Waals surface area contributed by atoms with E-state index < -0.39 is 0 Å². The van der Waals surface area contributed by atoms with Gasteiger partial charge in [0.25, 0.3) is 0 Å². The minimum absolute atomic E-state index is 0.00618. The molecule has 1 aliphatic heterocycles. The summed E-state index contributed by atoms with van der Waals surface area (Å²) in [4.78, 5) is 25.6. The van der Waals surface area contributed by atoms with Gasteiger partial charge in [0.15, 0.2) is 5.78 Å². The van der Waals surface area contributed by atoms with Gasteiger partial charge in [0.05, 0.1) is 14.2 Å². The number of Topliss-reactive ketones (excluding diaryl/α,β-unsaturated/α-hetero) is 1. The van der Waals surface area contributed by atoms with Gasteiger partial charge in [-0.15, -0.1) is 0 Å². The number of ketones is 1. The van der Waals surface area contributed by atoms with Gasteiger partial charge in [0.2, 0.25) is 5.91 Å². The summed E-state index contributed by atoms with van der Waals surface area (Å²) in [5.74, 6) is 1.17. The Morgan fingerprint density at radius 3 is 2.52 bits per heavy atom. The molecule has 0 spiro atoms. The number of ether oxygens (including phenoxy) is 2. The molecule has 1 unspecified atom stereocenters. The average Bonchev–Trinajstić information content (AvgIpc) is 2.60. The van der Waals surface area contributed by atoms with Crippen molar-refractivity contribution in [2.24, 2.45) is 0 Å². The van der Waals surface area contributed by atoms with Gasteiger partial charge in [-0.1, -0.05) is 0 Å². The van der Waals surface area contributed by atoms with Crippen molar-refractivity contribution in [3.05, 3.63) is 35.0 Å². The van der Waals surface area contributed by atoms with E-state index in [0.29, 0.717) is 17.9 Å². The van der Waals surface area contributed by atoms with Gasteiger partial charge in [0.1, 0.15) is 11.5 Å². The molecule has 134 valence electrons. The van der Waals surface area contributed by atoms with Crippen molar-refractivity contribution in [3.63, 3.8) is 0 Å². The molecule has 0 radical (unpaired) electrons. The number of hydrazine groups is 1. The molecule has 1 amide bonds. The number of benzene rings is 1. The Balaban J connectivity index is 2.18. The van der Waals surface area contributed by atoms with E-state index in [9.17, 15) is 9.59 Å². The third kappa shape index (κ3) is 3.02. The maximum atomic E-state index is 12.8. The van der Waals surface area contributed by atoms with Crippen molar-refractivity contribution in [3.8, 4) is 11.5 Å².